The SMILES string of the molecule is Cc1cc(Br)cc(C(=O)NCCOC2CCC(N)CC2)c1. The van der Waals surface area contributed by atoms with Crippen molar-refractivity contribution < 1.29 is 9.53 Å². The molecule has 1 aromatic carbocycles. The van der Waals surface area contributed by atoms with Crippen LogP contribution < -0.4 is 11.1 Å². The van der Waals surface area contributed by atoms with Crippen LogP contribution in [0.25, 0.3) is 0 Å². The third-order valence-corrected chi connectivity index (χ3v) is 4.22. The molecule has 1 fully saturated rings. The molecule has 0 saturated heterocycles. The molecule has 1 aliphatic carbocycles. The molecule has 0 aromatic heterocycles. The third-order valence-electron chi connectivity index (χ3n) is 3.76. The summed E-state index contributed by atoms with van der Waals surface area (Å²) in [7, 11) is 0. The zero-order chi connectivity index (χ0) is 15.2. The molecule has 0 unspecified atom stereocenters. The normalized spacial score (nSPS) is 22.0. The Labute approximate surface area is 134 Å². The molecule has 2 rings (SSSR count). The summed E-state index contributed by atoms with van der Waals surface area (Å²) in [6.07, 6.45) is 4.43. The second kappa shape index (κ2) is 7.92. The number of carbonyl (C=O) groups is 1. The highest BCUT2D eigenvalue weighted by Crippen LogP contribution is 2.19. The largest absolute Gasteiger partial charge is 0.376 e. The Morgan fingerprint density at radius 1 is 1.33 bits per heavy atom. The summed E-state index contributed by atoms with van der Waals surface area (Å²) < 4.78 is 6.70. The van der Waals surface area contributed by atoms with Crippen LogP contribution in [-0.2, 0) is 4.74 Å². The van der Waals surface area contributed by atoms with Crippen LogP contribution in [0.4, 0.5) is 0 Å². The summed E-state index contributed by atoms with van der Waals surface area (Å²) in [5, 5.41) is 2.89. The molecule has 3 N–H and O–H groups in total. The Balaban J connectivity index is 1.69. The summed E-state index contributed by atoms with van der Waals surface area (Å²) in [6, 6.07) is 6.02. The Kier molecular flexibility index (Phi) is 6.21. The first kappa shape index (κ1) is 16.5. The second-order valence-corrected chi connectivity index (χ2v) is 6.60. The third kappa shape index (κ3) is 5.41. The van der Waals surface area contributed by atoms with E-state index in [2.05, 4.69) is 21.2 Å². The van der Waals surface area contributed by atoms with Gasteiger partial charge in [0.1, 0.15) is 0 Å². The van der Waals surface area contributed by atoms with Gasteiger partial charge in [-0.25, -0.2) is 0 Å². The Morgan fingerprint density at radius 3 is 2.71 bits per heavy atom. The average molecular weight is 355 g/mol. The lowest BCUT2D eigenvalue weighted by Crippen LogP contribution is -2.33. The van der Waals surface area contributed by atoms with Crippen molar-refractivity contribution in [2.75, 3.05) is 13.2 Å². The number of hydrogen-bond acceptors (Lipinski definition) is 3. The van der Waals surface area contributed by atoms with E-state index in [0.29, 0.717) is 30.9 Å². The predicted octanol–water partition coefficient (Wildman–Crippen LogP) is 2.77. The molecule has 1 saturated carbocycles. The Bertz CT molecular complexity index is 465. The van der Waals surface area contributed by atoms with Crippen molar-refractivity contribution in [2.45, 2.75) is 44.8 Å². The molecule has 0 aliphatic heterocycles. The Morgan fingerprint density at radius 2 is 2.05 bits per heavy atom. The van der Waals surface area contributed by atoms with Crippen molar-refractivity contribution in [3.63, 3.8) is 0 Å². The van der Waals surface area contributed by atoms with Crippen LogP contribution in [0.1, 0.15) is 41.6 Å². The molecule has 116 valence electrons. The number of halogens is 1. The number of aryl methyl sites for hydroxylation is 1. The van der Waals surface area contributed by atoms with Crippen LogP contribution in [0.2, 0.25) is 0 Å². The molecule has 1 aliphatic rings. The quantitative estimate of drug-likeness (QED) is 0.799. The molecule has 4 nitrogen and oxygen atoms in total. The highest BCUT2D eigenvalue weighted by atomic mass is 79.9. The molecule has 0 spiro atoms. The van der Waals surface area contributed by atoms with Gasteiger partial charge in [-0.15, -0.1) is 0 Å². The van der Waals surface area contributed by atoms with Crippen molar-refractivity contribution in [3.05, 3.63) is 33.8 Å². The number of nitrogens with two attached hydrogens (primary N) is 1. The fourth-order valence-corrected chi connectivity index (χ4v) is 3.22. The van der Waals surface area contributed by atoms with Gasteiger partial charge >= 0.3 is 0 Å². The maximum Gasteiger partial charge on any atom is 0.251 e. The summed E-state index contributed by atoms with van der Waals surface area (Å²) in [4.78, 5) is 12.0. The number of hydrogen-bond donors (Lipinski definition) is 2. The highest BCUT2D eigenvalue weighted by molar-refractivity contribution is 9.10. The minimum atomic E-state index is -0.0614. The van der Waals surface area contributed by atoms with E-state index in [0.717, 1.165) is 35.7 Å². The van der Waals surface area contributed by atoms with Gasteiger partial charge in [-0.2, -0.15) is 0 Å². The summed E-state index contributed by atoms with van der Waals surface area (Å²) >= 11 is 3.41. The van der Waals surface area contributed by atoms with Crippen molar-refractivity contribution >= 4 is 21.8 Å². The summed E-state index contributed by atoms with van der Waals surface area (Å²) in [6.45, 7) is 3.06. The molecule has 0 atom stereocenters. The van der Waals surface area contributed by atoms with Crippen LogP contribution >= 0.6 is 15.9 Å². The fraction of sp³-hybridized carbons (Fsp3) is 0.562. The van der Waals surface area contributed by atoms with Gasteiger partial charge in [0.05, 0.1) is 12.7 Å². The number of ether oxygens (including phenoxy) is 1. The van der Waals surface area contributed by atoms with Crippen LogP contribution in [0.3, 0.4) is 0 Å². The maximum absolute atomic E-state index is 12.0. The lowest BCUT2D eigenvalue weighted by molar-refractivity contribution is 0.0267. The van der Waals surface area contributed by atoms with E-state index < -0.39 is 0 Å². The van der Waals surface area contributed by atoms with E-state index in [1.807, 2.05) is 25.1 Å². The Hall–Kier alpha value is -0.910. The molecule has 1 amide bonds. The van der Waals surface area contributed by atoms with Gasteiger partial charge in [0.25, 0.3) is 5.91 Å². The van der Waals surface area contributed by atoms with E-state index in [-0.39, 0.29) is 5.91 Å². The predicted molar refractivity (Wildman–Crippen MR) is 87.4 cm³/mol. The number of amides is 1. The van der Waals surface area contributed by atoms with Crippen LogP contribution in [-0.4, -0.2) is 31.2 Å². The monoisotopic (exact) mass is 354 g/mol. The number of carbonyl (C=O) groups excluding carboxylic acids is 1. The van der Waals surface area contributed by atoms with E-state index in [1.165, 1.54) is 0 Å². The number of rotatable bonds is 5. The van der Waals surface area contributed by atoms with Crippen LogP contribution in [0, 0.1) is 6.92 Å². The number of nitrogens with one attached hydrogen (secondary N) is 1. The smallest absolute Gasteiger partial charge is 0.251 e. The molecular weight excluding hydrogens is 332 g/mol. The summed E-state index contributed by atoms with van der Waals surface area (Å²) in [5.74, 6) is -0.0614. The van der Waals surface area contributed by atoms with Crippen molar-refractivity contribution in [1.29, 1.82) is 0 Å². The topological polar surface area (TPSA) is 64.3 Å². The zero-order valence-corrected chi connectivity index (χ0v) is 14.0. The van der Waals surface area contributed by atoms with Gasteiger partial charge in [-0.05, 0) is 56.4 Å². The van der Waals surface area contributed by atoms with Crippen molar-refractivity contribution in [2.24, 2.45) is 5.73 Å². The van der Waals surface area contributed by atoms with Gasteiger partial charge in [-0.1, -0.05) is 15.9 Å². The minimum absolute atomic E-state index is 0.0614. The molecule has 1 aromatic rings. The zero-order valence-electron chi connectivity index (χ0n) is 12.4. The maximum atomic E-state index is 12.0. The minimum Gasteiger partial charge on any atom is -0.376 e. The van der Waals surface area contributed by atoms with Gasteiger partial charge in [0.15, 0.2) is 0 Å². The first-order chi connectivity index (χ1) is 10.0. The van der Waals surface area contributed by atoms with Crippen LogP contribution in [0.5, 0.6) is 0 Å². The molecule has 5 heteroatoms. The van der Waals surface area contributed by atoms with E-state index in [4.69, 9.17) is 10.5 Å². The van der Waals surface area contributed by atoms with Crippen molar-refractivity contribution in [1.82, 2.24) is 5.32 Å². The van der Waals surface area contributed by atoms with Gasteiger partial charge in [-0.3, -0.25) is 4.79 Å². The second-order valence-electron chi connectivity index (χ2n) is 5.68. The van der Waals surface area contributed by atoms with Crippen LogP contribution in [0.15, 0.2) is 22.7 Å². The average Bonchev–Trinajstić information content (AvgIpc) is 2.44. The standard InChI is InChI=1S/C16H23BrN2O2/c1-11-8-12(10-13(17)9-11)16(20)19-6-7-21-15-4-2-14(18)3-5-15/h8-10,14-15H,2-7,18H2,1H3,(H,19,20). The fourth-order valence-electron chi connectivity index (χ4n) is 2.61. The van der Waals surface area contributed by atoms with E-state index in [1.54, 1.807) is 0 Å². The number of benzene rings is 1. The van der Waals surface area contributed by atoms with Crippen molar-refractivity contribution in [3.8, 4) is 0 Å². The first-order valence-corrected chi connectivity index (χ1v) is 8.26. The summed E-state index contributed by atoms with van der Waals surface area (Å²) in [5.41, 5.74) is 7.60. The first-order valence-electron chi connectivity index (χ1n) is 7.47. The molecular formula is C16H23BrN2O2. The van der Waals surface area contributed by atoms with Gasteiger partial charge in [0.2, 0.25) is 0 Å². The lowest BCUT2D eigenvalue weighted by Gasteiger charge is -2.26. The lowest BCUT2D eigenvalue weighted by atomic mass is 9.94. The molecule has 0 heterocycles. The highest BCUT2D eigenvalue weighted by Gasteiger charge is 2.18. The molecule has 0 bridgehead atoms. The van der Waals surface area contributed by atoms with E-state index in [9.17, 15) is 4.79 Å². The van der Waals surface area contributed by atoms with E-state index >= 15 is 0 Å². The molecule has 0 radical (unpaired) electrons. The van der Waals surface area contributed by atoms with Gasteiger partial charge in [0, 0.05) is 22.6 Å². The molecule has 21 heavy (non-hydrogen) atoms. The van der Waals surface area contributed by atoms with Gasteiger partial charge < -0.3 is 15.8 Å².